The maximum absolute atomic E-state index is 12.8. The molecular weight excluding hydrogens is 399 g/mol. The molecule has 2 aromatic carbocycles. The third kappa shape index (κ3) is 6.33. The van der Waals surface area contributed by atoms with E-state index in [2.05, 4.69) is 16.0 Å². The summed E-state index contributed by atoms with van der Waals surface area (Å²) in [5.74, 6) is -1.59. The van der Waals surface area contributed by atoms with Crippen molar-refractivity contribution in [2.75, 3.05) is 10.6 Å². The zero-order valence-corrected chi connectivity index (χ0v) is 16.6. The topological polar surface area (TPSA) is 87.3 Å². The molecule has 0 aliphatic rings. The van der Waals surface area contributed by atoms with E-state index in [4.69, 9.17) is 0 Å². The first-order valence-corrected chi connectivity index (χ1v) is 9.14. The van der Waals surface area contributed by atoms with Crippen molar-refractivity contribution in [2.45, 2.75) is 33.0 Å². The van der Waals surface area contributed by atoms with Gasteiger partial charge in [-0.2, -0.15) is 13.2 Å². The molecular formula is C21H22F3N3O3. The van der Waals surface area contributed by atoms with Gasteiger partial charge in [-0.3, -0.25) is 14.4 Å². The molecule has 0 bridgehead atoms. The Bertz CT molecular complexity index is 942. The molecule has 3 amide bonds. The number of hydrogen-bond acceptors (Lipinski definition) is 3. The van der Waals surface area contributed by atoms with Crippen molar-refractivity contribution >= 4 is 29.1 Å². The highest BCUT2D eigenvalue weighted by Gasteiger charge is 2.30. The number of amides is 3. The van der Waals surface area contributed by atoms with E-state index in [1.54, 1.807) is 19.9 Å². The minimum Gasteiger partial charge on any atom is -0.344 e. The number of anilines is 2. The van der Waals surface area contributed by atoms with Crippen molar-refractivity contribution in [1.29, 1.82) is 0 Å². The van der Waals surface area contributed by atoms with Crippen LogP contribution in [0.5, 0.6) is 0 Å². The van der Waals surface area contributed by atoms with E-state index in [9.17, 15) is 27.6 Å². The molecule has 2 rings (SSSR count). The van der Waals surface area contributed by atoms with Gasteiger partial charge in [0.05, 0.1) is 5.56 Å². The van der Waals surface area contributed by atoms with Gasteiger partial charge < -0.3 is 16.0 Å². The molecule has 9 heteroatoms. The zero-order chi connectivity index (χ0) is 22.5. The van der Waals surface area contributed by atoms with E-state index < -0.39 is 29.6 Å². The third-order valence-corrected chi connectivity index (χ3v) is 4.15. The van der Waals surface area contributed by atoms with E-state index in [-0.39, 0.29) is 23.1 Å². The van der Waals surface area contributed by atoms with Gasteiger partial charge >= 0.3 is 6.18 Å². The Hall–Kier alpha value is -3.36. The second-order valence-corrected chi connectivity index (χ2v) is 7.02. The fourth-order valence-corrected chi connectivity index (χ4v) is 2.69. The molecule has 0 saturated carbocycles. The smallest absolute Gasteiger partial charge is 0.344 e. The van der Waals surface area contributed by atoms with Gasteiger partial charge in [0.15, 0.2) is 0 Å². The fraction of sp³-hybridized carbons (Fsp3) is 0.286. The minimum atomic E-state index is -4.52. The van der Waals surface area contributed by atoms with Gasteiger partial charge in [-0.15, -0.1) is 0 Å². The van der Waals surface area contributed by atoms with Crippen LogP contribution in [0.25, 0.3) is 0 Å². The van der Waals surface area contributed by atoms with Crippen LogP contribution in [0, 0.1) is 5.92 Å². The number of hydrogen-bond donors (Lipinski definition) is 3. The van der Waals surface area contributed by atoms with E-state index in [0.717, 1.165) is 12.1 Å². The Balaban J connectivity index is 2.14. The molecule has 0 aliphatic carbocycles. The number of alkyl halides is 3. The summed E-state index contributed by atoms with van der Waals surface area (Å²) in [5, 5.41) is 7.61. The summed E-state index contributed by atoms with van der Waals surface area (Å²) in [4.78, 5) is 36.2. The normalized spacial score (nSPS) is 12.2. The molecule has 0 fully saturated rings. The van der Waals surface area contributed by atoms with Crippen molar-refractivity contribution in [3.63, 3.8) is 0 Å². The molecule has 30 heavy (non-hydrogen) atoms. The van der Waals surface area contributed by atoms with E-state index in [0.29, 0.717) is 5.69 Å². The first kappa shape index (κ1) is 22.9. The summed E-state index contributed by atoms with van der Waals surface area (Å²) in [7, 11) is 0. The maximum Gasteiger partial charge on any atom is 0.416 e. The molecule has 3 N–H and O–H groups in total. The highest BCUT2D eigenvalue weighted by molar-refractivity contribution is 6.05. The van der Waals surface area contributed by atoms with Crippen LogP contribution in [0.2, 0.25) is 0 Å². The molecule has 2 aromatic rings. The van der Waals surface area contributed by atoms with Gasteiger partial charge in [-0.05, 0) is 42.3 Å². The lowest BCUT2D eigenvalue weighted by molar-refractivity contribution is -0.137. The van der Waals surface area contributed by atoms with E-state index in [1.807, 2.05) is 0 Å². The zero-order valence-electron chi connectivity index (χ0n) is 16.6. The summed E-state index contributed by atoms with van der Waals surface area (Å²) in [6.07, 6.45) is -4.52. The number of nitrogens with one attached hydrogen (secondary N) is 3. The average molecular weight is 421 g/mol. The molecule has 0 aromatic heterocycles. The lowest BCUT2D eigenvalue weighted by atomic mass is 10.0. The average Bonchev–Trinajstić information content (AvgIpc) is 2.65. The van der Waals surface area contributed by atoms with Crippen molar-refractivity contribution in [1.82, 2.24) is 5.32 Å². The lowest BCUT2D eigenvalue weighted by Gasteiger charge is -2.21. The summed E-state index contributed by atoms with van der Waals surface area (Å²) >= 11 is 0. The second-order valence-electron chi connectivity index (χ2n) is 7.02. The largest absolute Gasteiger partial charge is 0.416 e. The molecule has 0 saturated heterocycles. The second kappa shape index (κ2) is 9.43. The minimum absolute atomic E-state index is 0.00482. The number of rotatable bonds is 6. The number of carbonyl (C=O) groups is 3. The van der Waals surface area contributed by atoms with Crippen LogP contribution < -0.4 is 16.0 Å². The predicted molar refractivity (Wildman–Crippen MR) is 107 cm³/mol. The van der Waals surface area contributed by atoms with Gasteiger partial charge in [0, 0.05) is 23.9 Å². The third-order valence-electron chi connectivity index (χ3n) is 4.15. The Kier molecular flexibility index (Phi) is 7.20. The van der Waals surface area contributed by atoms with Crippen molar-refractivity contribution in [3.8, 4) is 0 Å². The number of halogens is 3. The molecule has 0 radical (unpaired) electrons. The Morgan fingerprint density at radius 2 is 1.50 bits per heavy atom. The van der Waals surface area contributed by atoms with Crippen LogP contribution in [0.3, 0.4) is 0 Å². The molecule has 0 aliphatic heterocycles. The highest BCUT2D eigenvalue weighted by atomic mass is 19.4. The number of benzene rings is 2. The van der Waals surface area contributed by atoms with E-state index >= 15 is 0 Å². The summed E-state index contributed by atoms with van der Waals surface area (Å²) in [5.41, 5.74) is -0.424. The quantitative estimate of drug-likeness (QED) is 0.658. The van der Waals surface area contributed by atoms with Gasteiger partial charge in [0.1, 0.15) is 6.04 Å². The molecule has 0 heterocycles. The van der Waals surface area contributed by atoms with Crippen LogP contribution in [-0.2, 0) is 15.8 Å². The summed E-state index contributed by atoms with van der Waals surface area (Å²) < 4.78 is 38.5. The van der Waals surface area contributed by atoms with Crippen LogP contribution in [-0.4, -0.2) is 23.8 Å². The molecule has 1 atom stereocenters. The van der Waals surface area contributed by atoms with Crippen LogP contribution in [0.4, 0.5) is 24.5 Å². The maximum atomic E-state index is 12.8. The van der Waals surface area contributed by atoms with E-state index in [1.165, 1.54) is 37.3 Å². The van der Waals surface area contributed by atoms with Gasteiger partial charge in [0.2, 0.25) is 11.8 Å². The molecule has 160 valence electrons. The Labute approximate surface area is 171 Å². The first-order valence-electron chi connectivity index (χ1n) is 9.14. The van der Waals surface area contributed by atoms with Crippen molar-refractivity contribution < 1.29 is 27.6 Å². The van der Waals surface area contributed by atoms with Gasteiger partial charge in [-0.25, -0.2) is 0 Å². The number of carbonyl (C=O) groups excluding carboxylic acids is 3. The van der Waals surface area contributed by atoms with Gasteiger partial charge in [0.25, 0.3) is 5.91 Å². The lowest BCUT2D eigenvalue weighted by Crippen LogP contribution is -2.46. The predicted octanol–water partition coefficient (Wildman–Crippen LogP) is 4.06. The van der Waals surface area contributed by atoms with Crippen LogP contribution >= 0.6 is 0 Å². The van der Waals surface area contributed by atoms with Gasteiger partial charge in [-0.1, -0.05) is 26.0 Å². The highest BCUT2D eigenvalue weighted by Crippen LogP contribution is 2.30. The molecule has 0 unspecified atom stereocenters. The van der Waals surface area contributed by atoms with Crippen LogP contribution in [0.1, 0.15) is 36.7 Å². The van der Waals surface area contributed by atoms with Crippen LogP contribution in [0.15, 0.2) is 48.5 Å². The SMILES string of the molecule is CC(=O)N[C@@H](C(=O)Nc1cccc(C(=O)Nc2cccc(C(F)(F)F)c2)c1)C(C)C. The standard InChI is InChI=1S/C21H22F3N3O3/c1-12(2)18(25-13(3)28)20(30)27-16-8-4-6-14(10-16)19(29)26-17-9-5-7-15(11-17)21(22,23)24/h4-12,18H,1-3H3,(H,25,28)(H,26,29)(H,27,30)/t18-/m1/s1. The first-order chi connectivity index (χ1) is 14.0. The summed E-state index contributed by atoms with van der Waals surface area (Å²) in [6.45, 7) is 4.86. The monoisotopic (exact) mass is 421 g/mol. The van der Waals surface area contributed by atoms with Crippen molar-refractivity contribution in [3.05, 3.63) is 59.7 Å². The Morgan fingerprint density at radius 1 is 0.900 bits per heavy atom. The Morgan fingerprint density at radius 3 is 2.07 bits per heavy atom. The molecule has 0 spiro atoms. The van der Waals surface area contributed by atoms with Crippen molar-refractivity contribution in [2.24, 2.45) is 5.92 Å². The fourth-order valence-electron chi connectivity index (χ4n) is 2.69. The molecule has 6 nitrogen and oxygen atoms in total. The summed E-state index contributed by atoms with van der Waals surface area (Å²) in [6, 6.07) is 9.48.